The van der Waals surface area contributed by atoms with Crippen molar-refractivity contribution in [3.8, 4) is 0 Å². The van der Waals surface area contributed by atoms with Crippen molar-refractivity contribution >= 4 is 17.5 Å². The van der Waals surface area contributed by atoms with Gasteiger partial charge in [0.1, 0.15) is 0 Å². The predicted molar refractivity (Wildman–Crippen MR) is 66.4 cm³/mol. The Bertz CT molecular complexity index is 418. The van der Waals surface area contributed by atoms with Crippen LogP contribution in [0.15, 0.2) is 24.3 Å². The first kappa shape index (κ1) is 13.2. The number of rotatable bonds is 5. The lowest BCUT2D eigenvalue weighted by molar-refractivity contribution is -0.117. The monoisotopic (exact) mass is 235 g/mol. The number of hydrogen-bond donors (Lipinski definition) is 3. The molecule has 4 N–H and O–H groups in total. The molecule has 5 nitrogen and oxygen atoms in total. The topological polar surface area (TPSA) is 84.2 Å². The highest BCUT2D eigenvalue weighted by atomic mass is 16.1. The number of primary amides is 1. The fourth-order valence-corrected chi connectivity index (χ4v) is 1.46. The van der Waals surface area contributed by atoms with E-state index in [9.17, 15) is 9.59 Å². The summed E-state index contributed by atoms with van der Waals surface area (Å²) in [7, 11) is 0. The summed E-state index contributed by atoms with van der Waals surface area (Å²) in [5, 5.41) is 5.70. The van der Waals surface area contributed by atoms with Crippen LogP contribution in [0.1, 0.15) is 25.5 Å². The van der Waals surface area contributed by atoms with E-state index in [1.54, 1.807) is 0 Å². The molecule has 0 saturated heterocycles. The molecule has 92 valence electrons. The van der Waals surface area contributed by atoms with E-state index in [1.165, 1.54) is 6.92 Å². The fourth-order valence-electron chi connectivity index (χ4n) is 1.46. The average Bonchev–Trinajstić information content (AvgIpc) is 2.25. The van der Waals surface area contributed by atoms with Gasteiger partial charge in [0.15, 0.2) is 0 Å². The Morgan fingerprint density at radius 3 is 2.71 bits per heavy atom. The molecule has 1 atom stereocenters. The van der Waals surface area contributed by atoms with Gasteiger partial charge in [-0.2, -0.15) is 0 Å². The maximum Gasteiger partial charge on any atom is 0.231 e. The third-order valence-electron chi connectivity index (χ3n) is 2.29. The van der Waals surface area contributed by atoms with Crippen molar-refractivity contribution in [2.24, 2.45) is 5.73 Å². The third-order valence-corrected chi connectivity index (χ3v) is 2.29. The van der Waals surface area contributed by atoms with Gasteiger partial charge >= 0.3 is 0 Å². The molecule has 0 aliphatic rings. The summed E-state index contributed by atoms with van der Waals surface area (Å²) in [5.74, 6) is -0.505. The number of benzene rings is 1. The Morgan fingerprint density at radius 2 is 2.12 bits per heavy atom. The molecule has 0 aliphatic heterocycles. The van der Waals surface area contributed by atoms with Crippen molar-refractivity contribution in [1.29, 1.82) is 0 Å². The van der Waals surface area contributed by atoms with Crippen molar-refractivity contribution in [3.63, 3.8) is 0 Å². The van der Waals surface area contributed by atoms with Crippen LogP contribution in [0.25, 0.3) is 0 Å². The quantitative estimate of drug-likeness (QED) is 0.705. The molecule has 2 amide bonds. The van der Waals surface area contributed by atoms with Gasteiger partial charge in [-0.25, -0.2) is 0 Å². The molecule has 1 aromatic rings. The van der Waals surface area contributed by atoms with Gasteiger partial charge in [0.05, 0.1) is 6.54 Å². The van der Waals surface area contributed by atoms with Gasteiger partial charge in [0.25, 0.3) is 0 Å². The predicted octanol–water partition coefficient (Wildman–Crippen LogP) is 0.781. The van der Waals surface area contributed by atoms with Gasteiger partial charge in [-0.1, -0.05) is 12.1 Å². The van der Waals surface area contributed by atoms with Crippen LogP contribution in [0.2, 0.25) is 0 Å². The van der Waals surface area contributed by atoms with Crippen LogP contribution in [0, 0.1) is 0 Å². The molecule has 0 saturated carbocycles. The molecule has 0 fully saturated rings. The lowest BCUT2D eigenvalue weighted by Crippen LogP contribution is -2.30. The van der Waals surface area contributed by atoms with Crippen LogP contribution in [0.5, 0.6) is 0 Å². The number of carbonyl (C=O) groups excluding carboxylic acids is 2. The minimum Gasteiger partial charge on any atom is -0.369 e. The summed E-state index contributed by atoms with van der Waals surface area (Å²) in [6.07, 6.45) is 0. The van der Waals surface area contributed by atoms with Crippen molar-refractivity contribution < 1.29 is 9.59 Å². The second-order valence-corrected chi connectivity index (χ2v) is 3.88. The number of nitrogens with two attached hydrogens (primary N) is 1. The number of hydrogen-bond acceptors (Lipinski definition) is 3. The lowest BCUT2D eigenvalue weighted by atomic mass is 10.1. The largest absolute Gasteiger partial charge is 0.369 e. The van der Waals surface area contributed by atoms with Crippen molar-refractivity contribution in [3.05, 3.63) is 29.8 Å². The van der Waals surface area contributed by atoms with Crippen molar-refractivity contribution in [2.45, 2.75) is 19.9 Å². The summed E-state index contributed by atoms with van der Waals surface area (Å²) in [6.45, 7) is 3.52. The highest BCUT2D eigenvalue weighted by Crippen LogP contribution is 2.17. The highest BCUT2D eigenvalue weighted by Gasteiger charge is 2.06. The van der Waals surface area contributed by atoms with E-state index >= 15 is 0 Å². The van der Waals surface area contributed by atoms with Crippen LogP contribution in [-0.4, -0.2) is 18.4 Å². The molecule has 1 rings (SSSR count). The van der Waals surface area contributed by atoms with Crippen molar-refractivity contribution in [1.82, 2.24) is 5.32 Å². The van der Waals surface area contributed by atoms with Crippen molar-refractivity contribution in [2.75, 3.05) is 11.9 Å². The Balaban J connectivity index is 2.69. The molecular formula is C12H17N3O2. The van der Waals surface area contributed by atoms with Gasteiger partial charge in [-0.15, -0.1) is 0 Å². The van der Waals surface area contributed by atoms with Crippen LogP contribution < -0.4 is 16.4 Å². The standard InChI is InChI=1S/C12H17N3O2/c1-8(14-7-12(13)17)10-4-3-5-11(6-10)15-9(2)16/h3-6,8,14H,7H2,1-2H3,(H2,13,17)(H,15,16). The molecule has 1 aromatic carbocycles. The van der Waals surface area contributed by atoms with Gasteiger partial charge in [0.2, 0.25) is 11.8 Å². The lowest BCUT2D eigenvalue weighted by Gasteiger charge is -2.14. The summed E-state index contributed by atoms with van der Waals surface area (Å²) in [6, 6.07) is 7.44. The second-order valence-electron chi connectivity index (χ2n) is 3.88. The number of anilines is 1. The Kier molecular flexibility index (Phi) is 4.66. The van der Waals surface area contributed by atoms with Crippen LogP contribution >= 0.6 is 0 Å². The van der Waals surface area contributed by atoms with E-state index in [2.05, 4.69) is 10.6 Å². The van der Waals surface area contributed by atoms with E-state index in [0.29, 0.717) is 0 Å². The molecule has 0 aliphatic carbocycles. The van der Waals surface area contributed by atoms with Crippen LogP contribution in [-0.2, 0) is 9.59 Å². The second kappa shape index (κ2) is 6.00. The first-order valence-electron chi connectivity index (χ1n) is 5.38. The zero-order chi connectivity index (χ0) is 12.8. The minimum absolute atomic E-state index is 0.00351. The maximum atomic E-state index is 10.9. The van der Waals surface area contributed by atoms with Gasteiger partial charge in [-0.05, 0) is 24.6 Å². The molecule has 0 spiro atoms. The Hall–Kier alpha value is -1.88. The van der Waals surface area contributed by atoms with E-state index in [4.69, 9.17) is 5.73 Å². The van der Waals surface area contributed by atoms with E-state index in [-0.39, 0.29) is 18.5 Å². The first-order chi connectivity index (χ1) is 7.99. The Morgan fingerprint density at radius 1 is 1.41 bits per heavy atom. The molecule has 0 radical (unpaired) electrons. The van der Waals surface area contributed by atoms with E-state index in [0.717, 1.165) is 11.3 Å². The molecule has 0 heterocycles. The smallest absolute Gasteiger partial charge is 0.231 e. The minimum atomic E-state index is -0.394. The van der Waals surface area contributed by atoms with E-state index in [1.807, 2.05) is 31.2 Å². The average molecular weight is 235 g/mol. The summed E-state index contributed by atoms with van der Waals surface area (Å²) in [4.78, 5) is 21.6. The molecule has 0 aromatic heterocycles. The SMILES string of the molecule is CC(=O)Nc1cccc(C(C)NCC(N)=O)c1. The number of carbonyl (C=O) groups is 2. The molecular weight excluding hydrogens is 218 g/mol. The van der Waals surface area contributed by atoms with E-state index < -0.39 is 5.91 Å². The van der Waals surface area contributed by atoms with Gasteiger partial charge < -0.3 is 16.4 Å². The normalized spacial score (nSPS) is 11.9. The maximum absolute atomic E-state index is 10.9. The number of amides is 2. The Labute approximate surface area is 100 Å². The molecule has 0 bridgehead atoms. The van der Waals surface area contributed by atoms with Crippen LogP contribution in [0.3, 0.4) is 0 Å². The third kappa shape index (κ3) is 4.65. The van der Waals surface area contributed by atoms with Gasteiger partial charge in [0, 0.05) is 18.7 Å². The van der Waals surface area contributed by atoms with Crippen LogP contribution in [0.4, 0.5) is 5.69 Å². The zero-order valence-corrected chi connectivity index (χ0v) is 9.99. The summed E-state index contributed by atoms with van der Waals surface area (Å²) < 4.78 is 0. The van der Waals surface area contributed by atoms with Gasteiger partial charge in [-0.3, -0.25) is 9.59 Å². The number of nitrogens with one attached hydrogen (secondary N) is 2. The fraction of sp³-hybridized carbons (Fsp3) is 0.333. The zero-order valence-electron chi connectivity index (χ0n) is 9.99. The molecule has 17 heavy (non-hydrogen) atoms. The molecule has 5 heteroatoms. The molecule has 1 unspecified atom stereocenters. The summed E-state index contributed by atoms with van der Waals surface area (Å²) >= 11 is 0. The summed E-state index contributed by atoms with van der Waals surface area (Å²) in [5.41, 5.74) is 6.78. The first-order valence-corrected chi connectivity index (χ1v) is 5.38. The highest BCUT2D eigenvalue weighted by molar-refractivity contribution is 5.88.